The van der Waals surface area contributed by atoms with Gasteiger partial charge in [-0.2, -0.15) is 0 Å². The summed E-state index contributed by atoms with van der Waals surface area (Å²) in [6, 6.07) is 6.63. The molecule has 1 aromatic rings. The lowest BCUT2D eigenvalue weighted by Crippen LogP contribution is -2.14. The molecule has 0 aromatic heterocycles. The van der Waals surface area contributed by atoms with Gasteiger partial charge in [0.25, 0.3) is 0 Å². The van der Waals surface area contributed by atoms with Crippen molar-refractivity contribution in [1.82, 2.24) is 0 Å². The number of hydrogen-bond acceptors (Lipinski definition) is 1. The third kappa shape index (κ3) is 3.76. The van der Waals surface area contributed by atoms with Crippen molar-refractivity contribution in [3.05, 3.63) is 51.6 Å². The molecule has 1 heteroatoms. The Labute approximate surface area is 135 Å². The Hall–Kier alpha value is -1.63. The first-order valence-corrected chi connectivity index (χ1v) is 8.34. The van der Waals surface area contributed by atoms with E-state index in [1.165, 1.54) is 52.0 Å². The van der Waals surface area contributed by atoms with Crippen molar-refractivity contribution in [2.45, 2.75) is 53.9 Å². The molecule has 0 saturated carbocycles. The summed E-state index contributed by atoms with van der Waals surface area (Å²) in [7, 11) is 1.92. The van der Waals surface area contributed by atoms with E-state index in [0.29, 0.717) is 0 Å². The molecular weight excluding hydrogens is 266 g/mol. The molecule has 1 atom stereocenters. The molecule has 1 nitrogen and oxygen atoms in total. The van der Waals surface area contributed by atoms with Gasteiger partial charge in [-0.3, -0.25) is 4.99 Å². The van der Waals surface area contributed by atoms with E-state index >= 15 is 0 Å². The van der Waals surface area contributed by atoms with Crippen molar-refractivity contribution in [1.29, 1.82) is 0 Å². The summed E-state index contributed by atoms with van der Waals surface area (Å²) in [5, 5.41) is 0. The minimum atomic E-state index is 0.810. The lowest BCUT2D eigenvalue weighted by Gasteiger charge is -2.24. The molecule has 1 aromatic carbocycles. The number of nitrogens with zero attached hydrogens (tertiary/aromatic N) is 1. The van der Waals surface area contributed by atoms with Gasteiger partial charge in [-0.05, 0) is 81.2 Å². The van der Waals surface area contributed by atoms with Crippen LogP contribution in [-0.2, 0) is 0 Å². The Kier molecular flexibility index (Phi) is 5.39. The van der Waals surface area contributed by atoms with Crippen LogP contribution in [0.25, 0.3) is 6.08 Å². The van der Waals surface area contributed by atoms with Gasteiger partial charge in [-0.15, -0.1) is 0 Å². The highest BCUT2D eigenvalue weighted by atomic mass is 14.7. The van der Waals surface area contributed by atoms with Crippen molar-refractivity contribution in [3.63, 3.8) is 0 Å². The molecule has 0 aliphatic heterocycles. The highest BCUT2D eigenvalue weighted by molar-refractivity contribution is 6.14. The van der Waals surface area contributed by atoms with Crippen LogP contribution in [0, 0.1) is 19.8 Å². The molecule has 22 heavy (non-hydrogen) atoms. The molecule has 118 valence electrons. The number of allylic oxidation sites excluding steroid dienone is 3. The molecule has 0 bridgehead atoms. The third-order valence-electron chi connectivity index (χ3n) is 4.75. The number of rotatable bonds is 3. The zero-order chi connectivity index (χ0) is 16.3. The monoisotopic (exact) mass is 295 g/mol. The Morgan fingerprint density at radius 2 is 1.95 bits per heavy atom. The zero-order valence-corrected chi connectivity index (χ0v) is 15.0. The quantitative estimate of drug-likeness (QED) is 0.614. The second-order valence-corrected chi connectivity index (χ2v) is 6.87. The number of aryl methyl sites for hydroxylation is 2. The fraction of sp³-hybridized carbons (Fsp3) is 0.476. The normalized spacial score (nSPS) is 20.5. The number of aliphatic imine (C=N–C) groups is 1. The van der Waals surface area contributed by atoms with Crippen molar-refractivity contribution in [2.24, 2.45) is 10.9 Å². The van der Waals surface area contributed by atoms with Crippen LogP contribution in [0.2, 0.25) is 0 Å². The van der Waals surface area contributed by atoms with E-state index in [1.807, 2.05) is 7.05 Å². The van der Waals surface area contributed by atoms with Crippen LogP contribution in [0.1, 0.15) is 56.7 Å². The predicted molar refractivity (Wildman–Crippen MR) is 98.6 cm³/mol. The van der Waals surface area contributed by atoms with E-state index < -0.39 is 0 Å². The predicted octanol–water partition coefficient (Wildman–Crippen LogP) is 5.91. The molecule has 0 amide bonds. The minimum absolute atomic E-state index is 0.810. The van der Waals surface area contributed by atoms with E-state index in [0.717, 1.165) is 12.3 Å². The zero-order valence-electron chi connectivity index (χ0n) is 15.0. The summed E-state index contributed by atoms with van der Waals surface area (Å²) in [4.78, 5) is 4.63. The van der Waals surface area contributed by atoms with E-state index in [4.69, 9.17) is 0 Å². The van der Waals surface area contributed by atoms with Gasteiger partial charge in [-0.25, -0.2) is 0 Å². The average molecular weight is 295 g/mol. The van der Waals surface area contributed by atoms with Crippen LogP contribution in [0.5, 0.6) is 0 Å². The first-order valence-electron chi connectivity index (χ1n) is 8.34. The van der Waals surface area contributed by atoms with Gasteiger partial charge in [0, 0.05) is 7.05 Å². The largest absolute Gasteiger partial charge is 0.288 e. The van der Waals surface area contributed by atoms with Crippen LogP contribution in [-0.4, -0.2) is 12.8 Å². The van der Waals surface area contributed by atoms with Crippen LogP contribution < -0.4 is 0 Å². The molecule has 1 unspecified atom stereocenters. The van der Waals surface area contributed by atoms with Crippen LogP contribution in [0.15, 0.2) is 39.9 Å². The van der Waals surface area contributed by atoms with E-state index in [1.54, 1.807) is 0 Å². The molecule has 0 heterocycles. The fourth-order valence-corrected chi connectivity index (χ4v) is 3.44. The summed E-state index contributed by atoms with van der Waals surface area (Å²) < 4.78 is 0. The van der Waals surface area contributed by atoms with Gasteiger partial charge < -0.3 is 0 Å². The third-order valence-corrected chi connectivity index (χ3v) is 4.75. The second kappa shape index (κ2) is 7.09. The second-order valence-electron chi connectivity index (χ2n) is 6.87. The van der Waals surface area contributed by atoms with Crippen LogP contribution in [0.4, 0.5) is 0 Å². The SMILES string of the molecule is CN=C(C1=C(C)CC(C)CC1)/C(C)=C/c1cc(C)ccc1C. The number of benzene rings is 1. The molecular formula is C21H29N. The van der Waals surface area contributed by atoms with Gasteiger partial charge in [0.15, 0.2) is 0 Å². The average Bonchev–Trinajstić information content (AvgIpc) is 2.46. The highest BCUT2D eigenvalue weighted by Crippen LogP contribution is 2.31. The maximum absolute atomic E-state index is 4.63. The fourth-order valence-electron chi connectivity index (χ4n) is 3.44. The topological polar surface area (TPSA) is 12.4 Å². The Bertz CT molecular complexity index is 644. The summed E-state index contributed by atoms with van der Waals surface area (Å²) in [6.07, 6.45) is 5.95. The first-order chi connectivity index (χ1) is 10.4. The Morgan fingerprint density at radius 3 is 2.59 bits per heavy atom. The lowest BCUT2D eigenvalue weighted by atomic mass is 9.82. The molecule has 2 rings (SSSR count). The van der Waals surface area contributed by atoms with Crippen LogP contribution >= 0.6 is 0 Å². The van der Waals surface area contributed by atoms with Gasteiger partial charge >= 0.3 is 0 Å². The molecule has 0 N–H and O–H groups in total. The standard InChI is InChI=1S/C21H29N/c1-14-8-10-20(17(4)11-14)21(22-6)18(5)13-19-12-15(2)7-9-16(19)3/h7,9,12-14H,8,10-11H2,1-6H3/b18-13+,22-21?. The first kappa shape index (κ1) is 16.7. The maximum Gasteiger partial charge on any atom is 0.0631 e. The Balaban J connectivity index is 2.37. The van der Waals surface area contributed by atoms with E-state index in [9.17, 15) is 0 Å². The van der Waals surface area contributed by atoms with Crippen molar-refractivity contribution < 1.29 is 0 Å². The van der Waals surface area contributed by atoms with Crippen LogP contribution in [0.3, 0.4) is 0 Å². The summed E-state index contributed by atoms with van der Waals surface area (Å²) in [5.74, 6) is 0.810. The highest BCUT2D eigenvalue weighted by Gasteiger charge is 2.19. The van der Waals surface area contributed by atoms with Gasteiger partial charge in [0.1, 0.15) is 0 Å². The summed E-state index contributed by atoms with van der Waals surface area (Å²) in [6.45, 7) is 11.1. The van der Waals surface area contributed by atoms with Crippen molar-refractivity contribution in [2.75, 3.05) is 7.05 Å². The van der Waals surface area contributed by atoms with E-state index in [2.05, 4.69) is 63.9 Å². The molecule has 0 spiro atoms. The van der Waals surface area contributed by atoms with Gasteiger partial charge in [0.05, 0.1) is 5.71 Å². The maximum atomic E-state index is 4.63. The molecule has 1 aliphatic rings. The van der Waals surface area contributed by atoms with Gasteiger partial charge in [0.2, 0.25) is 0 Å². The lowest BCUT2D eigenvalue weighted by molar-refractivity contribution is 0.503. The van der Waals surface area contributed by atoms with Crippen molar-refractivity contribution >= 4 is 11.8 Å². The molecule has 0 fully saturated rings. The molecule has 0 saturated heterocycles. The Morgan fingerprint density at radius 1 is 1.23 bits per heavy atom. The minimum Gasteiger partial charge on any atom is -0.288 e. The number of hydrogen-bond donors (Lipinski definition) is 0. The summed E-state index contributed by atoms with van der Waals surface area (Å²) in [5.41, 5.74) is 9.41. The van der Waals surface area contributed by atoms with Crippen molar-refractivity contribution in [3.8, 4) is 0 Å². The van der Waals surface area contributed by atoms with Gasteiger partial charge in [-0.1, -0.05) is 36.3 Å². The smallest absolute Gasteiger partial charge is 0.0631 e. The molecule has 1 aliphatic carbocycles. The summed E-state index contributed by atoms with van der Waals surface area (Å²) >= 11 is 0. The molecule has 0 radical (unpaired) electrons. The van der Waals surface area contributed by atoms with E-state index in [-0.39, 0.29) is 0 Å².